The van der Waals surface area contributed by atoms with Crippen LogP contribution < -0.4 is 9.47 Å². The Morgan fingerprint density at radius 1 is 1.00 bits per heavy atom. The van der Waals surface area contributed by atoms with E-state index in [9.17, 15) is 9.59 Å². The molecule has 1 heterocycles. The lowest BCUT2D eigenvalue weighted by Crippen LogP contribution is -2.33. The summed E-state index contributed by atoms with van der Waals surface area (Å²) in [6.45, 7) is 4.47. The zero-order valence-electron chi connectivity index (χ0n) is 23.5. The molecule has 0 radical (unpaired) electrons. The summed E-state index contributed by atoms with van der Waals surface area (Å²) in [7, 11) is 1.62. The van der Waals surface area contributed by atoms with E-state index in [0.29, 0.717) is 27.5 Å². The minimum atomic E-state index is -1.83. The molecule has 2 amide bonds. The predicted octanol–water partition coefficient (Wildman–Crippen LogP) is 6.90. The second-order valence-electron chi connectivity index (χ2n) is 10.3. The van der Waals surface area contributed by atoms with E-state index in [1.165, 1.54) is 37.0 Å². The molecule has 2 N–H and O–H groups in total. The molecule has 1 saturated carbocycles. The monoisotopic (exact) mass is 608 g/mol. The van der Waals surface area contributed by atoms with Gasteiger partial charge in [0.2, 0.25) is 11.8 Å². The molecular weight excluding hydrogens is 571 g/mol. The fourth-order valence-electron chi connectivity index (χ4n) is 5.33. The summed E-state index contributed by atoms with van der Waals surface area (Å²) in [5, 5.41) is 15.1. The van der Waals surface area contributed by atoms with Crippen molar-refractivity contribution in [2.45, 2.75) is 64.5 Å². The van der Waals surface area contributed by atoms with Gasteiger partial charge in [-0.3, -0.25) is 19.4 Å². The Morgan fingerprint density at radius 3 is 2.27 bits per heavy atom. The second-order valence-corrected chi connectivity index (χ2v) is 11.2. The first kappa shape index (κ1) is 32.5. The van der Waals surface area contributed by atoms with Crippen LogP contribution >= 0.6 is 23.2 Å². The molecule has 4 rings (SSSR count). The van der Waals surface area contributed by atoms with Gasteiger partial charge < -0.3 is 19.7 Å². The van der Waals surface area contributed by atoms with Gasteiger partial charge in [-0.25, -0.2) is 4.79 Å². The molecule has 0 spiro atoms. The van der Waals surface area contributed by atoms with Gasteiger partial charge >= 0.3 is 6.16 Å². The normalized spacial score (nSPS) is 16.4. The lowest BCUT2D eigenvalue weighted by Gasteiger charge is -2.34. The van der Waals surface area contributed by atoms with Gasteiger partial charge in [0.25, 0.3) is 0 Å². The number of carboxylic acid groups (broad SMARTS) is 2. The fourth-order valence-corrected chi connectivity index (χ4v) is 5.63. The number of carbonyl (C=O) groups is 3. The van der Waals surface area contributed by atoms with Crippen molar-refractivity contribution in [2.75, 3.05) is 26.8 Å². The van der Waals surface area contributed by atoms with Crippen LogP contribution in [0, 0.1) is 5.92 Å². The largest absolute Gasteiger partial charge is 0.503 e. The van der Waals surface area contributed by atoms with Crippen molar-refractivity contribution in [3.05, 3.63) is 57.6 Å². The number of nitrogens with zero attached hydrogens (tertiary/aromatic N) is 2. The predicted molar refractivity (Wildman–Crippen MR) is 157 cm³/mol. The van der Waals surface area contributed by atoms with Gasteiger partial charge in [0.1, 0.15) is 6.61 Å². The number of rotatable bonds is 11. The summed E-state index contributed by atoms with van der Waals surface area (Å²) in [5.41, 5.74) is 2.26. The first-order valence-corrected chi connectivity index (χ1v) is 14.6. The highest BCUT2D eigenvalue weighted by molar-refractivity contribution is 6.42. The maximum atomic E-state index is 11.8. The van der Waals surface area contributed by atoms with Crippen LogP contribution in [0.2, 0.25) is 10.0 Å². The van der Waals surface area contributed by atoms with E-state index in [1.807, 2.05) is 24.3 Å². The summed E-state index contributed by atoms with van der Waals surface area (Å²) in [4.78, 5) is 36.0. The molecule has 0 bridgehead atoms. The molecule has 1 aliphatic heterocycles. The van der Waals surface area contributed by atoms with Gasteiger partial charge in [0.15, 0.2) is 11.5 Å². The van der Waals surface area contributed by atoms with E-state index < -0.39 is 6.16 Å². The SMILES string of the molecule is COc1cc(CN(CC2CCCCC2)C(C)c2ccc(Cl)c(Cl)c2)ccc1OCCN1C(=O)CCC1=O.O=C(O)O. The highest BCUT2D eigenvalue weighted by Gasteiger charge is 2.28. The van der Waals surface area contributed by atoms with Crippen LogP contribution in [0.15, 0.2) is 36.4 Å². The molecule has 41 heavy (non-hydrogen) atoms. The first-order chi connectivity index (χ1) is 19.6. The Balaban J connectivity index is 0.00000108. The van der Waals surface area contributed by atoms with Crippen molar-refractivity contribution < 1.29 is 34.1 Å². The molecule has 11 heteroatoms. The third-order valence-electron chi connectivity index (χ3n) is 7.53. The maximum Gasteiger partial charge on any atom is 0.503 e. The number of likely N-dealkylation sites (tertiary alicyclic amines) is 1. The van der Waals surface area contributed by atoms with Crippen molar-refractivity contribution in [2.24, 2.45) is 5.92 Å². The van der Waals surface area contributed by atoms with Gasteiger partial charge in [-0.1, -0.05) is 54.6 Å². The third-order valence-corrected chi connectivity index (χ3v) is 8.27. The average molecular weight is 610 g/mol. The molecule has 2 fully saturated rings. The minimum Gasteiger partial charge on any atom is -0.493 e. The van der Waals surface area contributed by atoms with Crippen molar-refractivity contribution in [3.63, 3.8) is 0 Å². The van der Waals surface area contributed by atoms with E-state index in [-0.39, 0.29) is 43.8 Å². The molecule has 1 atom stereocenters. The number of ether oxygens (including phenoxy) is 2. The Kier molecular flexibility index (Phi) is 12.6. The molecule has 2 aromatic carbocycles. The van der Waals surface area contributed by atoms with Crippen LogP contribution in [0.3, 0.4) is 0 Å². The van der Waals surface area contributed by atoms with Crippen molar-refractivity contribution in [1.29, 1.82) is 0 Å². The Morgan fingerprint density at radius 2 is 1.66 bits per heavy atom. The van der Waals surface area contributed by atoms with Crippen LogP contribution in [0.4, 0.5) is 4.79 Å². The van der Waals surface area contributed by atoms with Crippen LogP contribution in [0.1, 0.15) is 69.0 Å². The molecule has 1 aliphatic carbocycles. The van der Waals surface area contributed by atoms with Gasteiger partial charge in [0.05, 0.1) is 23.7 Å². The maximum absolute atomic E-state index is 11.8. The van der Waals surface area contributed by atoms with E-state index in [2.05, 4.69) is 24.0 Å². The molecule has 0 aromatic heterocycles. The molecular formula is C30H38Cl2N2O7. The number of carbonyl (C=O) groups excluding carboxylic acids is 2. The van der Waals surface area contributed by atoms with E-state index in [0.717, 1.165) is 24.2 Å². The number of hydrogen-bond donors (Lipinski definition) is 2. The molecule has 2 aliphatic rings. The number of benzene rings is 2. The zero-order valence-corrected chi connectivity index (χ0v) is 25.0. The number of amides is 2. The Hall–Kier alpha value is -3.01. The molecule has 2 aromatic rings. The van der Waals surface area contributed by atoms with Crippen LogP contribution in [0.5, 0.6) is 11.5 Å². The molecule has 224 valence electrons. The Bertz CT molecular complexity index is 1180. The van der Waals surface area contributed by atoms with Gasteiger partial charge in [-0.05, 0) is 61.1 Å². The van der Waals surface area contributed by atoms with E-state index in [1.54, 1.807) is 7.11 Å². The van der Waals surface area contributed by atoms with Crippen molar-refractivity contribution in [1.82, 2.24) is 9.80 Å². The van der Waals surface area contributed by atoms with Gasteiger partial charge in [0, 0.05) is 32.0 Å². The molecule has 9 nitrogen and oxygen atoms in total. The summed E-state index contributed by atoms with van der Waals surface area (Å²) >= 11 is 12.5. The average Bonchev–Trinajstić information content (AvgIpc) is 3.27. The van der Waals surface area contributed by atoms with E-state index in [4.69, 9.17) is 47.7 Å². The summed E-state index contributed by atoms with van der Waals surface area (Å²) < 4.78 is 11.5. The third kappa shape index (κ3) is 9.80. The van der Waals surface area contributed by atoms with Crippen molar-refractivity contribution >= 4 is 41.2 Å². The van der Waals surface area contributed by atoms with Crippen LogP contribution in [-0.2, 0) is 16.1 Å². The Labute approximate surface area is 250 Å². The number of halogens is 2. The van der Waals surface area contributed by atoms with Gasteiger partial charge in [-0.15, -0.1) is 0 Å². The lowest BCUT2D eigenvalue weighted by atomic mass is 9.88. The summed E-state index contributed by atoms with van der Waals surface area (Å²) in [6, 6.07) is 12.0. The zero-order chi connectivity index (χ0) is 29.9. The second kappa shape index (κ2) is 15.8. The van der Waals surface area contributed by atoms with Crippen LogP contribution in [0.25, 0.3) is 0 Å². The van der Waals surface area contributed by atoms with Gasteiger partial charge in [-0.2, -0.15) is 0 Å². The smallest absolute Gasteiger partial charge is 0.493 e. The topological polar surface area (TPSA) is 117 Å². The van der Waals surface area contributed by atoms with Crippen molar-refractivity contribution in [3.8, 4) is 11.5 Å². The first-order valence-electron chi connectivity index (χ1n) is 13.8. The fraction of sp³-hybridized carbons (Fsp3) is 0.500. The van der Waals surface area contributed by atoms with Crippen LogP contribution in [-0.4, -0.2) is 64.8 Å². The number of hydrogen-bond acceptors (Lipinski definition) is 6. The number of methoxy groups -OCH3 is 1. The quantitative estimate of drug-likeness (QED) is 0.265. The highest BCUT2D eigenvalue weighted by atomic mass is 35.5. The summed E-state index contributed by atoms with van der Waals surface area (Å²) in [6.07, 6.45) is 5.20. The molecule has 1 unspecified atom stereocenters. The lowest BCUT2D eigenvalue weighted by molar-refractivity contribution is -0.138. The summed E-state index contributed by atoms with van der Waals surface area (Å²) in [5.74, 6) is 1.65. The number of imide groups is 1. The van der Waals surface area contributed by atoms with E-state index >= 15 is 0 Å². The standard InChI is InChI=1S/C29H36Cl2N2O4.CH2O3/c1-20(23-9-10-24(30)25(31)17-23)32(18-21-6-4-3-5-7-21)19-22-8-11-26(27(16-22)36-2)37-15-14-33-28(34)12-13-29(33)35;2-1(3)4/h8-11,16-17,20-21H,3-7,12-15,18-19H2,1-2H3;(H2,2,3,4). The molecule has 1 saturated heterocycles. The highest BCUT2D eigenvalue weighted by Crippen LogP contribution is 2.34. The minimum absolute atomic E-state index is 0.134.